The molecule has 1 heterocycles. The number of amides is 1. The Bertz CT molecular complexity index is 512. The lowest BCUT2D eigenvalue weighted by molar-refractivity contribution is -0.312. The average molecular weight is 290 g/mol. The molecule has 5 heteroatoms. The Hall–Kier alpha value is -2.04. The highest BCUT2D eigenvalue weighted by Gasteiger charge is 2.40. The first-order valence-electron chi connectivity index (χ1n) is 7.22. The molecule has 1 saturated heterocycles. The normalized spacial score (nSPS) is 21.6. The van der Waals surface area contributed by atoms with E-state index in [9.17, 15) is 14.7 Å². The standard InChI is InChI=1S/C16H21NO4/c1-3-4-9-17-14(18)10-13(16(19)20)15(17)11-5-7-12(21-2)8-6-11/h5-8,13,15H,3-4,9-10H2,1-2H3,(H,19,20)/p-1/t13-,15-/m0/s1. The predicted octanol–water partition coefficient (Wildman–Crippen LogP) is 1.13. The van der Waals surface area contributed by atoms with Crippen molar-refractivity contribution in [3.63, 3.8) is 0 Å². The molecule has 1 aliphatic rings. The second-order valence-corrected chi connectivity index (χ2v) is 5.29. The molecule has 0 bridgehead atoms. The quantitative estimate of drug-likeness (QED) is 0.787. The van der Waals surface area contributed by atoms with Gasteiger partial charge in [0.15, 0.2) is 0 Å². The van der Waals surface area contributed by atoms with E-state index in [1.807, 2.05) is 19.1 Å². The van der Waals surface area contributed by atoms with Crippen LogP contribution in [0.5, 0.6) is 5.75 Å². The average Bonchev–Trinajstić information content (AvgIpc) is 2.82. The Labute approximate surface area is 124 Å². The second-order valence-electron chi connectivity index (χ2n) is 5.29. The first-order chi connectivity index (χ1) is 10.1. The molecular formula is C16H20NO4-. The molecule has 0 radical (unpaired) electrons. The Balaban J connectivity index is 2.31. The van der Waals surface area contributed by atoms with Crippen molar-refractivity contribution in [2.45, 2.75) is 32.2 Å². The molecule has 0 unspecified atom stereocenters. The van der Waals surface area contributed by atoms with Gasteiger partial charge in [-0.3, -0.25) is 4.79 Å². The maximum atomic E-state index is 12.1. The summed E-state index contributed by atoms with van der Waals surface area (Å²) in [5.41, 5.74) is 0.812. The first kappa shape index (κ1) is 15.4. The lowest BCUT2D eigenvalue weighted by atomic mass is 9.93. The Morgan fingerprint density at radius 3 is 2.57 bits per heavy atom. The minimum Gasteiger partial charge on any atom is -0.550 e. The number of benzene rings is 1. The fourth-order valence-corrected chi connectivity index (χ4v) is 2.81. The third-order valence-corrected chi connectivity index (χ3v) is 3.94. The van der Waals surface area contributed by atoms with Gasteiger partial charge in [-0.15, -0.1) is 0 Å². The van der Waals surface area contributed by atoms with Gasteiger partial charge in [-0.1, -0.05) is 25.5 Å². The fraction of sp³-hybridized carbons (Fsp3) is 0.500. The molecule has 114 valence electrons. The van der Waals surface area contributed by atoms with Crippen LogP contribution in [-0.2, 0) is 9.59 Å². The third kappa shape index (κ3) is 3.17. The van der Waals surface area contributed by atoms with Gasteiger partial charge in [0.05, 0.1) is 13.2 Å². The van der Waals surface area contributed by atoms with E-state index in [-0.39, 0.29) is 12.3 Å². The molecule has 0 aromatic heterocycles. The maximum Gasteiger partial charge on any atom is 0.223 e. The van der Waals surface area contributed by atoms with E-state index in [2.05, 4.69) is 0 Å². The zero-order valence-corrected chi connectivity index (χ0v) is 12.4. The van der Waals surface area contributed by atoms with Crippen molar-refractivity contribution in [2.75, 3.05) is 13.7 Å². The molecular weight excluding hydrogens is 270 g/mol. The summed E-state index contributed by atoms with van der Waals surface area (Å²) < 4.78 is 5.11. The SMILES string of the molecule is CCCCN1C(=O)C[C@H](C(=O)[O-])[C@@H]1c1ccc(OC)cc1. The number of carbonyl (C=O) groups is 2. The van der Waals surface area contributed by atoms with E-state index < -0.39 is 17.9 Å². The van der Waals surface area contributed by atoms with Gasteiger partial charge in [-0.2, -0.15) is 0 Å². The number of carbonyl (C=O) groups excluding carboxylic acids is 2. The van der Waals surface area contributed by atoms with E-state index in [1.165, 1.54) is 0 Å². The van der Waals surface area contributed by atoms with Gasteiger partial charge in [-0.05, 0) is 24.1 Å². The highest BCUT2D eigenvalue weighted by atomic mass is 16.5. The number of hydrogen-bond acceptors (Lipinski definition) is 4. The molecule has 0 N–H and O–H groups in total. The van der Waals surface area contributed by atoms with Crippen molar-refractivity contribution in [1.29, 1.82) is 0 Å². The van der Waals surface area contributed by atoms with Crippen molar-refractivity contribution >= 4 is 11.9 Å². The van der Waals surface area contributed by atoms with E-state index >= 15 is 0 Å². The Morgan fingerprint density at radius 2 is 2.05 bits per heavy atom. The van der Waals surface area contributed by atoms with Crippen LogP contribution in [0.25, 0.3) is 0 Å². The number of unbranched alkanes of at least 4 members (excludes halogenated alkanes) is 1. The van der Waals surface area contributed by atoms with Crippen LogP contribution < -0.4 is 9.84 Å². The van der Waals surface area contributed by atoms with Gasteiger partial charge < -0.3 is 19.5 Å². The summed E-state index contributed by atoms with van der Waals surface area (Å²) in [4.78, 5) is 25.1. The molecule has 2 atom stereocenters. The summed E-state index contributed by atoms with van der Waals surface area (Å²) in [7, 11) is 1.58. The molecule has 1 aliphatic heterocycles. The van der Waals surface area contributed by atoms with Crippen LogP contribution in [0.3, 0.4) is 0 Å². The number of ether oxygens (including phenoxy) is 1. The molecule has 5 nitrogen and oxygen atoms in total. The lowest BCUT2D eigenvalue weighted by Gasteiger charge is -2.29. The second kappa shape index (κ2) is 6.61. The summed E-state index contributed by atoms with van der Waals surface area (Å²) in [6.45, 7) is 2.62. The largest absolute Gasteiger partial charge is 0.550 e. The summed E-state index contributed by atoms with van der Waals surface area (Å²) in [6, 6.07) is 6.75. The van der Waals surface area contributed by atoms with Gasteiger partial charge in [-0.25, -0.2) is 0 Å². The molecule has 1 amide bonds. The number of methoxy groups -OCH3 is 1. The first-order valence-corrected chi connectivity index (χ1v) is 7.22. The molecule has 1 aromatic rings. The van der Waals surface area contributed by atoms with Crippen molar-refractivity contribution < 1.29 is 19.4 Å². The topological polar surface area (TPSA) is 69.7 Å². The van der Waals surface area contributed by atoms with Gasteiger partial charge in [0.25, 0.3) is 0 Å². The molecule has 0 aliphatic carbocycles. The predicted molar refractivity (Wildman–Crippen MR) is 75.5 cm³/mol. The van der Waals surface area contributed by atoms with Gasteiger partial charge >= 0.3 is 0 Å². The van der Waals surface area contributed by atoms with Gasteiger partial charge in [0.1, 0.15) is 5.75 Å². The number of carboxylic acids is 1. The van der Waals surface area contributed by atoms with Crippen LogP contribution in [0.2, 0.25) is 0 Å². The summed E-state index contributed by atoms with van der Waals surface area (Å²) in [6.07, 6.45) is 1.83. The fourth-order valence-electron chi connectivity index (χ4n) is 2.81. The van der Waals surface area contributed by atoms with E-state index in [0.29, 0.717) is 12.3 Å². The van der Waals surface area contributed by atoms with E-state index in [0.717, 1.165) is 18.4 Å². The lowest BCUT2D eigenvalue weighted by Crippen LogP contribution is -2.36. The zero-order chi connectivity index (χ0) is 15.4. The summed E-state index contributed by atoms with van der Waals surface area (Å²) in [5, 5.41) is 11.4. The summed E-state index contributed by atoms with van der Waals surface area (Å²) in [5.74, 6) is -1.36. The molecule has 0 spiro atoms. The Morgan fingerprint density at radius 1 is 1.38 bits per heavy atom. The monoisotopic (exact) mass is 290 g/mol. The molecule has 21 heavy (non-hydrogen) atoms. The van der Waals surface area contributed by atoms with E-state index in [4.69, 9.17) is 4.74 Å². The molecule has 1 fully saturated rings. The molecule has 0 saturated carbocycles. The number of carboxylic acid groups (broad SMARTS) is 1. The zero-order valence-electron chi connectivity index (χ0n) is 12.4. The molecule has 1 aromatic carbocycles. The van der Waals surface area contributed by atoms with Crippen LogP contribution in [-0.4, -0.2) is 30.4 Å². The summed E-state index contributed by atoms with van der Waals surface area (Å²) >= 11 is 0. The number of hydrogen-bond donors (Lipinski definition) is 0. The van der Waals surface area contributed by atoms with E-state index in [1.54, 1.807) is 24.1 Å². The van der Waals surface area contributed by atoms with Crippen LogP contribution in [0.15, 0.2) is 24.3 Å². The third-order valence-electron chi connectivity index (χ3n) is 3.94. The number of nitrogens with zero attached hydrogens (tertiary/aromatic N) is 1. The smallest absolute Gasteiger partial charge is 0.223 e. The minimum absolute atomic E-state index is 0.0166. The van der Waals surface area contributed by atoms with Crippen LogP contribution in [0, 0.1) is 5.92 Å². The number of rotatable bonds is 6. The van der Waals surface area contributed by atoms with Crippen molar-refractivity contribution in [3.8, 4) is 5.75 Å². The van der Waals surface area contributed by atoms with Crippen LogP contribution >= 0.6 is 0 Å². The molecule has 2 rings (SSSR count). The van der Waals surface area contributed by atoms with Crippen LogP contribution in [0.1, 0.15) is 37.8 Å². The van der Waals surface area contributed by atoms with Gasteiger partial charge in [0, 0.05) is 24.9 Å². The maximum absolute atomic E-state index is 12.1. The van der Waals surface area contributed by atoms with Crippen molar-refractivity contribution in [2.24, 2.45) is 5.92 Å². The van der Waals surface area contributed by atoms with Crippen LogP contribution in [0.4, 0.5) is 0 Å². The Kier molecular flexibility index (Phi) is 4.83. The van der Waals surface area contributed by atoms with Crippen molar-refractivity contribution in [1.82, 2.24) is 4.90 Å². The minimum atomic E-state index is -1.16. The highest BCUT2D eigenvalue weighted by molar-refractivity contribution is 5.86. The van der Waals surface area contributed by atoms with Crippen molar-refractivity contribution in [3.05, 3.63) is 29.8 Å². The highest BCUT2D eigenvalue weighted by Crippen LogP contribution is 2.38. The van der Waals surface area contributed by atoms with Gasteiger partial charge in [0.2, 0.25) is 5.91 Å². The number of aliphatic carboxylic acids is 1. The number of likely N-dealkylation sites (tertiary alicyclic amines) is 1.